The molecule has 0 aromatic heterocycles. The summed E-state index contributed by atoms with van der Waals surface area (Å²) in [7, 11) is 0. The molecule has 0 aromatic rings. The van der Waals surface area contributed by atoms with Crippen molar-refractivity contribution >= 4 is 12.1 Å². The van der Waals surface area contributed by atoms with Crippen molar-refractivity contribution in [1.29, 1.82) is 0 Å². The average molecular weight is 271 g/mol. The predicted octanol–water partition coefficient (Wildman–Crippen LogP) is 2.65. The van der Waals surface area contributed by atoms with E-state index in [-0.39, 0.29) is 18.4 Å². The molecule has 1 aliphatic rings. The second-order valence-electron chi connectivity index (χ2n) is 6.63. The molecule has 2 N–H and O–H groups in total. The smallest absolute Gasteiger partial charge is 0.407 e. The molecule has 110 valence electrons. The molecule has 1 atom stereocenters. The number of carboxylic acids is 1. The van der Waals surface area contributed by atoms with E-state index in [0.29, 0.717) is 0 Å². The van der Waals surface area contributed by atoms with Crippen LogP contribution in [-0.4, -0.2) is 29.3 Å². The number of carbonyl (C=O) groups excluding carboxylic acids is 1. The number of alkyl carbamates (subject to hydrolysis) is 1. The van der Waals surface area contributed by atoms with Gasteiger partial charge in [-0.1, -0.05) is 13.8 Å². The molecule has 0 saturated heterocycles. The molecular formula is C14H25NO4. The molecule has 19 heavy (non-hydrogen) atoms. The summed E-state index contributed by atoms with van der Waals surface area (Å²) in [6.07, 6.45) is 1.28. The fourth-order valence-corrected chi connectivity index (χ4v) is 2.45. The van der Waals surface area contributed by atoms with Crippen molar-refractivity contribution in [3.05, 3.63) is 0 Å². The van der Waals surface area contributed by atoms with Gasteiger partial charge in [-0.3, -0.25) is 4.79 Å². The van der Waals surface area contributed by atoms with Crippen LogP contribution >= 0.6 is 0 Å². The van der Waals surface area contributed by atoms with Crippen LogP contribution in [-0.2, 0) is 9.53 Å². The molecule has 5 nitrogen and oxygen atoms in total. The van der Waals surface area contributed by atoms with Gasteiger partial charge in [-0.15, -0.1) is 0 Å². The number of carbonyl (C=O) groups is 2. The van der Waals surface area contributed by atoms with E-state index in [2.05, 4.69) is 5.32 Å². The first kappa shape index (κ1) is 15.8. The number of aliphatic carboxylic acids is 1. The maximum absolute atomic E-state index is 11.7. The van der Waals surface area contributed by atoms with E-state index >= 15 is 0 Å². The first-order valence-corrected chi connectivity index (χ1v) is 6.80. The molecule has 1 rings (SSSR count). The first-order valence-electron chi connectivity index (χ1n) is 6.80. The van der Waals surface area contributed by atoms with Crippen LogP contribution in [0.15, 0.2) is 0 Å². The highest BCUT2D eigenvalue weighted by atomic mass is 16.6. The molecule has 1 fully saturated rings. The van der Waals surface area contributed by atoms with Gasteiger partial charge >= 0.3 is 12.1 Å². The van der Waals surface area contributed by atoms with Crippen molar-refractivity contribution in [3.8, 4) is 0 Å². The van der Waals surface area contributed by atoms with E-state index in [1.165, 1.54) is 0 Å². The highest BCUT2D eigenvalue weighted by molar-refractivity contribution is 5.77. The van der Waals surface area contributed by atoms with Crippen LogP contribution in [0.25, 0.3) is 0 Å². The van der Waals surface area contributed by atoms with E-state index < -0.39 is 23.1 Å². The third-order valence-electron chi connectivity index (χ3n) is 3.66. The molecule has 1 saturated carbocycles. The van der Waals surface area contributed by atoms with Crippen LogP contribution in [0, 0.1) is 17.3 Å². The molecule has 0 heterocycles. The van der Waals surface area contributed by atoms with Gasteiger partial charge in [0.1, 0.15) is 5.60 Å². The van der Waals surface area contributed by atoms with Crippen LogP contribution in [0.2, 0.25) is 0 Å². The van der Waals surface area contributed by atoms with Gasteiger partial charge in [0, 0.05) is 6.54 Å². The Hall–Kier alpha value is -1.26. The molecule has 1 aliphatic carbocycles. The predicted molar refractivity (Wildman–Crippen MR) is 71.9 cm³/mol. The van der Waals surface area contributed by atoms with Gasteiger partial charge in [-0.2, -0.15) is 0 Å². The number of carboxylic acid groups (broad SMARTS) is 1. The SMILES string of the molecule is CC(C)C(CNC(=O)OC(C)(C)C)(C(=O)O)C1CC1. The van der Waals surface area contributed by atoms with Gasteiger partial charge in [0.25, 0.3) is 0 Å². The van der Waals surface area contributed by atoms with Gasteiger partial charge in [-0.25, -0.2) is 4.79 Å². The number of ether oxygens (including phenoxy) is 1. The molecule has 0 aromatic carbocycles. The highest BCUT2D eigenvalue weighted by Crippen LogP contribution is 2.50. The van der Waals surface area contributed by atoms with E-state index in [0.717, 1.165) is 12.8 Å². The maximum Gasteiger partial charge on any atom is 0.407 e. The van der Waals surface area contributed by atoms with Crippen molar-refractivity contribution < 1.29 is 19.4 Å². The fraction of sp³-hybridized carbons (Fsp3) is 0.857. The average Bonchev–Trinajstić information content (AvgIpc) is 2.98. The minimum Gasteiger partial charge on any atom is -0.481 e. The van der Waals surface area contributed by atoms with Gasteiger partial charge in [0.05, 0.1) is 5.41 Å². The fourth-order valence-electron chi connectivity index (χ4n) is 2.45. The molecule has 0 aliphatic heterocycles. The highest BCUT2D eigenvalue weighted by Gasteiger charge is 2.53. The van der Waals surface area contributed by atoms with Gasteiger partial charge in [0.15, 0.2) is 0 Å². The summed E-state index contributed by atoms with van der Waals surface area (Å²) in [6.45, 7) is 9.24. The summed E-state index contributed by atoms with van der Waals surface area (Å²) in [4.78, 5) is 23.3. The van der Waals surface area contributed by atoms with Gasteiger partial charge in [0.2, 0.25) is 0 Å². The monoisotopic (exact) mass is 271 g/mol. The van der Waals surface area contributed by atoms with Crippen LogP contribution in [0.4, 0.5) is 4.79 Å². The summed E-state index contributed by atoms with van der Waals surface area (Å²) >= 11 is 0. The molecule has 5 heteroatoms. The van der Waals surface area contributed by atoms with Crippen LogP contribution in [0.3, 0.4) is 0 Å². The van der Waals surface area contributed by atoms with Crippen LogP contribution in [0.5, 0.6) is 0 Å². The molecule has 0 radical (unpaired) electrons. The van der Waals surface area contributed by atoms with E-state index in [1.807, 2.05) is 13.8 Å². The van der Waals surface area contributed by atoms with Crippen molar-refractivity contribution in [2.24, 2.45) is 17.3 Å². The largest absolute Gasteiger partial charge is 0.481 e. The summed E-state index contributed by atoms with van der Waals surface area (Å²) in [5.74, 6) is -0.714. The first-order chi connectivity index (χ1) is 8.59. The Bertz CT molecular complexity index is 351. The van der Waals surface area contributed by atoms with E-state index in [1.54, 1.807) is 20.8 Å². The van der Waals surface area contributed by atoms with Crippen molar-refractivity contribution in [1.82, 2.24) is 5.32 Å². The Morgan fingerprint density at radius 2 is 1.84 bits per heavy atom. The summed E-state index contributed by atoms with van der Waals surface area (Å²) in [6, 6.07) is 0. The van der Waals surface area contributed by atoms with Crippen LogP contribution < -0.4 is 5.32 Å². The van der Waals surface area contributed by atoms with Crippen molar-refractivity contribution in [3.63, 3.8) is 0 Å². The molecule has 0 spiro atoms. The van der Waals surface area contributed by atoms with Crippen molar-refractivity contribution in [2.45, 2.75) is 53.1 Å². The lowest BCUT2D eigenvalue weighted by molar-refractivity contribution is -0.153. The summed E-state index contributed by atoms with van der Waals surface area (Å²) in [5, 5.41) is 12.2. The third kappa shape index (κ3) is 3.85. The lowest BCUT2D eigenvalue weighted by Crippen LogP contribution is -2.49. The minimum absolute atomic E-state index is 0.0348. The minimum atomic E-state index is -0.878. The van der Waals surface area contributed by atoms with E-state index in [4.69, 9.17) is 4.74 Å². The Morgan fingerprint density at radius 1 is 1.32 bits per heavy atom. The molecule has 1 unspecified atom stereocenters. The van der Waals surface area contributed by atoms with Crippen LogP contribution in [0.1, 0.15) is 47.5 Å². The lowest BCUT2D eigenvalue weighted by atomic mass is 9.73. The number of hydrogen-bond acceptors (Lipinski definition) is 3. The van der Waals surface area contributed by atoms with Crippen molar-refractivity contribution in [2.75, 3.05) is 6.54 Å². The number of amides is 1. The number of nitrogens with one attached hydrogen (secondary N) is 1. The Labute approximate surface area is 114 Å². The molecular weight excluding hydrogens is 246 g/mol. The lowest BCUT2D eigenvalue weighted by Gasteiger charge is -2.34. The maximum atomic E-state index is 11.7. The zero-order chi connectivity index (χ0) is 14.8. The number of rotatable bonds is 5. The van der Waals surface area contributed by atoms with Gasteiger partial charge in [-0.05, 0) is 45.4 Å². The standard InChI is InChI=1S/C14H25NO4/c1-9(2)14(11(16)17,10-6-7-10)8-15-12(18)19-13(3,4)5/h9-10H,6-8H2,1-5H3,(H,15,18)(H,16,17). The quantitative estimate of drug-likeness (QED) is 0.806. The summed E-state index contributed by atoms with van der Waals surface area (Å²) in [5.41, 5.74) is -1.45. The van der Waals surface area contributed by atoms with Gasteiger partial charge < -0.3 is 15.2 Å². The topological polar surface area (TPSA) is 75.6 Å². The molecule has 0 bridgehead atoms. The summed E-state index contributed by atoms with van der Waals surface area (Å²) < 4.78 is 5.15. The Morgan fingerprint density at radius 3 is 2.16 bits per heavy atom. The Balaban J connectivity index is 2.69. The third-order valence-corrected chi connectivity index (χ3v) is 3.66. The normalized spacial score (nSPS) is 18.8. The number of hydrogen-bond donors (Lipinski definition) is 2. The second-order valence-corrected chi connectivity index (χ2v) is 6.63. The molecule has 1 amide bonds. The zero-order valence-electron chi connectivity index (χ0n) is 12.4. The second kappa shape index (κ2) is 5.39. The Kier molecular flexibility index (Phi) is 4.48. The zero-order valence-corrected chi connectivity index (χ0v) is 12.4. The van der Waals surface area contributed by atoms with E-state index in [9.17, 15) is 14.7 Å².